The Morgan fingerprint density at radius 3 is 2.27 bits per heavy atom. The van der Waals surface area contributed by atoms with Gasteiger partial charge in [-0.25, -0.2) is 0 Å². The van der Waals surface area contributed by atoms with Crippen molar-refractivity contribution in [3.63, 3.8) is 0 Å². The van der Waals surface area contributed by atoms with Crippen molar-refractivity contribution in [3.05, 3.63) is 47.5 Å². The molecule has 1 heterocycles. The summed E-state index contributed by atoms with van der Waals surface area (Å²) in [6.07, 6.45) is 0. The number of rotatable bonds is 8. The number of benzene rings is 2. The van der Waals surface area contributed by atoms with Crippen LogP contribution in [-0.2, 0) is 9.53 Å². The lowest BCUT2D eigenvalue weighted by Crippen LogP contribution is -2.36. The van der Waals surface area contributed by atoms with Crippen molar-refractivity contribution in [2.75, 3.05) is 49.7 Å². The molecule has 2 aromatic rings. The summed E-state index contributed by atoms with van der Waals surface area (Å²) >= 11 is 0. The van der Waals surface area contributed by atoms with Gasteiger partial charge in [0.25, 0.3) is 11.7 Å². The smallest absolute Gasteiger partial charge is 0.296 e. The van der Waals surface area contributed by atoms with E-state index < -0.39 is 11.7 Å². The van der Waals surface area contributed by atoms with Crippen LogP contribution >= 0.6 is 0 Å². The van der Waals surface area contributed by atoms with Crippen molar-refractivity contribution in [1.82, 2.24) is 0 Å². The van der Waals surface area contributed by atoms with Crippen LogP contribution in [0.25, 0.3) is 0 Å². The van der Waals surface area contributed by atoms with E-state index >= 15 is 0 Å². The summed E-state index contributed by atoms with van der Waals surface area (Å²) in [5.74, 6) is -0.206. The Balaban J connectivity index is 1.90. The summed E-state index contributed by atoms with van der Waals surface area (Å²) in [6.45, 7) is 9.34. The summed E-state index contributed by atoms with van der Waals surface area (Å²) in [5.41, 5.74) is 2.64. The molecule has 0 radical (unpaired) electrons. The molecule has 0 unspecified atom stereocenters. The van der Waals surface area contributed by atoms with Gasteiger partial charge in [-0.15, -0.1) is 0 Å². The second-order valence-corrected chi connectivity index (χ2v) is 6.93. The number of ketones is 1. The Hall–Kier alpha value is -3.06. The molecule has 7 heteroatoms. The largest absolute Gasteiger partial charge is 0.492 e. The number of carbonyl (C=O) groups is 2. The lowest BCUT2D eigenvalue weighted by Gasteiger charge is -2.31. The highest BCUT2D eigenvalue weighted by atomic mass is 16.5. The fourth-order valence-electron chi connectivity index (χ4n) is 3.26. The number of nitrogens with one attached hydrogen (secondary N) is 1. The maximum absolute atomic E-state index is 12.6. The van der Waals surface area contributed by atoms with Crippen LogP contribution in [0, 0.1) is 6.92 Å². The van der Waals surface area contributed by atoms with Crippen LogP contribution < -0.4 is 19.7 Å². The minimum absolute atomic E-state index is 0.339. The summed E-state index contributed by atoms with van der Waals surface area (Å²) in [5, 5.41) is 2.70. The number of hydrogen-bond acceptors (Lipinski definition) is 6. The fraction of sp³-hybridized carbons (Fsp3) is 0.391. The highest BCUT2D eigenvalue weighted by Gasteiger charge is 2.22. The molecule has 7 nitrogen and oxygen atoms in total. The Labute approximate surface area is 176 Å². The van der Waals surface area contributed by atoms with Crippen molar-refractivity contribution < 1.29 is 23.8 Å². The molecule has 160 valence electrons. The van der Waals surface area contributed by atoms with E-state index in [9.17, 15) is 9.59 Å². The highest BCUT2D eigenvalue weighted by Crippen LogP contribution is 2.39. The van der Waals surface area contributed by atoms with Crippen LogP contribution in [0.3, 0.4) is 0 Å². The summed E-state index contributed by atoms with van der Waals surface area (Å²) in [6, 6.07) is 10.5. The summed E-state index contributed by atoms with van der Waals surface area (Å²) in [4.78, 5) is 27.3. The standard InChI is InChI=1S/C23H28N2O5/c1-4-29-20-15-19(25-10-12-28-13-11-25)21(30-5-2)14-18(20)24-23(27)22(26)17-8-6-16(3)7-9-17/h6-9,14-15H,4-5,10-13H2,1-3H3,(H,24,27). The molecule has 0 spiro atoms. The zero-order chi connectivity index (χ0) is 21.5. The molecule has 3 rings (SSSR count). The molecule has 1 N–H and O–H groups in total. The molecule has 1 amide bonds. The van der Waals surface area contributed by atoms with Crippen LogP contribution in [0.1, 0.15) is 29.8 Å². The molecule has 0 bridgehead atoms. The van der Waals surface area contributed by atoms with E-state index in [1.54, 1.807) is 30.3 Å². The molecule has 0 atom stereocenters. The Kier molecular flexibility index (Phi) is 7.30. The Morgan fingerprint density at radius 1 is 1.00 bits per heavy atom. The predicted molar refractivity (Wildman–Crippen MR) is 116 cm³/mol. The third-order valence-electron chi connectivity index (χ3n) is 4.78. The van der Waals surface area contributed by atoms with Gasteiger partial charge in [0.15, 0.2) is 0 Å². The number of nitrogens with zero attached hydrogens (tertiary/aromatic N) is 1. The molecule has 30 heavy (non-hydrogen) atoms. The van der Waals surface area contributed by atoms with E-state index in [2.05, 4.69) is 10.2 Å². The molecule has 0 saturated carbocycles. The van der Waals surface area contributed by atoms with Crippen LogP contribution in [-0.4, -0.2) is 51.2 Å². The van der Waals surface area contributed by atoms with Gasteiger partial charge in [0.2, 0.25) is 0 Å². The van der Waals surface area contributed by atoms with Gasteiger partial charge in [-0.05, 0) is 20.8 Å². The topological polar surface area (TPSA) is 77.1 Å². The van der Waals surface area contributed by atoms with Gasteiger partial charge < -0.3 is 24.4 Å². The number of aryl methyl sites for hydroxylation is 1. The van der Waals surface area contributed by atoms with Crippen molar-refractivity contribution in [1.29, 1.82) is 0 Å². The van der Waals surface area contributed by atoms with E-state index in [-0.39, 0.29) is 0 Å². The van der Waals surface area contributed by atoms with Crippen LogP contribution in [0.4, 0.5) is 11.4 Å². The van der Waals surface area contributed by atoms with Gasteiger partial charge in [0.1, 0.15) is 11.5 Å². The number of amides is 1. The van der Waals surface area contributed by atoms with Crippen LogP contribution in [0.2, 0.25) is 0 Å². The first-order valence-electron chi connectivity index (χ1n) is 10.2. The highest BCUT2D eigenvalue weighted by molar-refractivity contribution is 6.46. The van der Waals surface area contributed by atoms with E-state index in [4.69, 9.17) is 14.2 Å². The molecule has 0 aromatic heterocycles. The van der Waals surface area contributed by atoms with Gasteiger partial charge >= 0.3 is 0 Å². The lowest BCUT2D eigenvalue weighted by atomic mass is 10.1. The van der Waals surface area contributed by atoms with Crippen molar-refractivity contribution in [3.8, 4) is 11.5 Å². The molecule has 2 aromatic carbocycles. The zero-order valence-electron chi connectivity index (χ0n) is 17.7. The molecular weight excluding hydrogens is 384 g/mol. The molecular formula is C23H28N2O5. The third-order valence-corrected chi connectivity index (χ3v) is 4.78. The van der Waals surface area contributed by atoms with E-state index in [0.717, 1.165) is 24.3 Å². The van der Waals surface area contributed by atoms with Gasteiger partial charge in [-0.2, -0.15) is 0 Å². The maximum Gasteiger partial charge on any atom is 0.296 e. The minimum atomic E-state index is -0.721. The third kappa shape index (κ3) is 5.10. The molecule has 0 aliphatic carbocycles. The van der Waals surface area contributed by atoms with Gasteiger partial charge in [0, 0.05) is 30.8 Å². The molecule has 1 aliphatic rings. The van der Waals surface area contributed by atoms with Crippen molar-refractivity contribution in [2.24, 2.45) is 0 Å². The summed E-state index contributed by atoms with van der Waals surface area (Å²) in [7, 11) is 0. The molecule has 1 aliphatic heterocycles. The molecule has 1 saturated heterocycles. The number of ether oxygens (including phenoxy) is 3. The number of hydrogen-bond donors (Lipinski definition) is 1. The quantitative estimate of drug-likeness (QED) is 0.529. The SMILES string of the molecule is CCOc1cc(N2CCOCC2)c(OCC)cc1NC(=O)C(=O)c1ccc(C)cc1. The van der Waals surface area contributed by atoms with Gasteiger partial charge in [-0.1, -0.05) is 29.8 Å². The first-order valence-corrected chi connectivity index (χ1v) is 10.2. The van der Waals surface area contributed by atoms with Gasteiger partial charge in [-0.3, -0.25) is 9.59 Å². The second-order valence-electron chi connectivity index (χ2n) is 6.93. The van der Waals surface area contributed by atoms with E-state index in [0.29, 0.717) is 49.2 Å². The average Bonchev–Trinajstić information content (AvgIpc) is 2.76. The van der Waals surface area contributed by atoms with Gasteiger partial charge in [0.05, 0.1) is 37.8 Å². The van der Waals surface area contributed by atoms with Crippen LogP contribution in [0.15, 0.2) is 36.4 Å². The summed E-state index contributed by atoms with van der Waals surface area (Å²) < 4.78 is 17.0. The maximum atomic E-state index is 12.6. The van der Waals surface area contributed by atoms with Crippen LogP contribution in [0.5, 0.6) is 11.5 Å². The number of morpholine rings is 1. The Bertz CT molecular complexity index is 889. The number of carbonyl (C=O) groups excluding carboxylic acids is 2. The molecule has 1 fully saturated rings. The average molecular weight is 412 g/mol. The first kappa shape index (κ1) is 21.6. The lowest BCUT2D eigenvalue weighted by molar-refractivity contribution is -0.112. The van der Waals surface area contributed by atoms with Crippen molar-refractivity contribution in [2.45, 2.75) is 20.8 Å². The number of Topliss-reactive ketones (excluding diaryl/α,β-unsaturated/α-hetero) is 1. The van der Waals surface area contributed by atoms with E-state index in [1.807, 2.05) is 26.8 Å². The first-order chi connectivity index (χ1) is 14.5. The zero-order valence-corrected chi connectivity index (χ0v) is 17.7. The predicted octanol–water partition coefficient (Wildman–Crippen LogP) is 3.45. The van der Waals surface area contributed by atoms with E-state index in [1.165, 1.54) is 0 Å². The minimum Gasteiger partial charge on any atom is -0.492 e. The monoisotopic (exact) mass is 412 g/mol. The Morgan fingerprint density at radius 2 is 1.63 bits per heavy atom. The normalized spacial score (nSPS) is 13.6. The number of anilines is 2. The fourth-order valence-corrected chi connectivity index (χ4v) is 3.26. The second kappa shape index (κ2) is 10.1. The van der Waals surface area contributed by atoms with Crippen molar-refractivity contribution >= 4 is 23.1 Å².